The standard InChI is InChI=1S/C19H21F2N3O3S/c1-14(19(25)22-18-8-7-15(20)13-17(18)21)23-9-11-24(12-10-23)28(26,27)16-5-3-2-4-6-16/h2-8,13-14H,9-12H2,1H3,(H,22,25). The second kappa shape index (κ2) is 8.34. The van der Waals surface area contributed by atoms with Crippen molar-refractivity contribution in [2.45, 2.75) is 17.9 Å². The van der Waals surface area contributed by atoms with Crippen LogP contribution in [0.2, 0.25) is 0 Å². The molecule has 0 aliphatic carbocycles. The molecule has 150 valence electrons. The van der Waals surface area contributed by atoms with Gasteiger partial charge in [-0.1, -0.05) is 18.2 Å². The second-order valence-corrected chi connectivity index (χ2v) is 8.48. The van der Waals surface area contributed by atoms with E-state index in [0.717, 1.165) is 6.07 Å². The summed E-state index contributed by atoms with van der Waals surface area (Å²) in [6.45, 7) is 2.90. The van der Waals surface area contributed by atoms with Crippen molar-refractivity contribution in [2.75, 3.05) is 31.5 Å². The molecule has 0 bridgehead atoms. The van der Waals surface area contributed by atoms with Crippen LogP contribution in [0.5, 0.6) is 0 Å². The first-order chi connectivity index (χ1) is 13.3. The SMILES string of the molecule is CC(C(=O)Nc1ccc(F)cc1F)N1CCN(S(=O)(=O)c2ccccc2)CC1. The Morgan fingerprint density at radius 1 is 1.04 bits per heavy atom. The summed E-state index contributed by atoms with van der Waals surface area (Å²) >= 11 is 0. The number of hydrogen-bond donors (Lipinski definition) is 1. The predicted octanol–water partition coefficient (Wildman–Crippen LogP) is 2.30. The molecule has 2 aromatic carbocycles. The van der Waals surface area contributed by atoms with Crippen LogP contribution in [-0.2, 0) is 14.8 Å². The summed E-state index contributed by atoms with van der Waals surface area (Å²) in [7, 11) is -3.57. The Morgan fingerprint density at radius 2 is 1.68 bits per heavy atom. The highest BCUT2D eigenvalue weighted by Gasteiger charge is 2.31. The minimum absolute atomic E-state index is 0.0939. The number of piperazine rings is 1. The Morgan fingerprint density at radius 3 is 2.29 bits per heavy atom. The molecule has 1 heterocycles. The van der Waals surface area contributed by atoms with Gasteiger partial charge in [0.15, 0.2) is 0 Å². The summed E-state index contributed by atoms with van der Waals surface area (Å²) in [4.78, 5) is 14.5. The molecule has 1 saturated heterocycles. The third kappa shape index (κ3) is 4.37. The van der Waals surface area contributed by atoms with Crippen LogP contribution in [0.1, 0.15) is 6.92 Å². The average molecular weight is 409 g/mol. The van der Waals surface area contributed by atoms with Gasteiger partial charge in [0.2, 0.25) is 15.9 Å². The van der Waals surface area contributed by atoms with Crippen molar-refractivity contribution in [3.63, 3.8) is 0 Å². The van der Waals surface area contributed by atoms with E-state index >= 15 is 0 Å². The minimum Gasteiger partial charge on any atom is -0.322 e. The molecule has 1 fully saturated rings. The molecule has 2 aromatic rings. The van der Waals surface area contributed by atoms with E-state index in [9.17, 15) is 22.0 Å². The maximum Gasteiger partial charge on any atom is 0.243 e. The summed E-state index contributed by atoms with van der Waals surface area (Å²) in [5, 5.41) is 2.45. The lowest BCUT2D eigenvalue weighted by atomic mass is 10.2. The number of hydrogen-bond acceptors (Lipinski definition) is 4. The third-order valence-electron chi connectivity index (χ3n) is 4.77. The highest BCUT2D eigenvalue weighted by atomic mass is 32.2. The van der Waals surface area contributed by atoms with Gasteiger partial charge in [0.1, 0.15) is 11.6 Å². The van der Waals surface area contributed by atoms with Gasteiger partial charge in [0.05, 0.1) is 16.6 Å². The number of carbonyl (C=O) groups excluding carboxylic acids is 1. The molecule has 1 aliphatic rings. The number of nitrogens with one attached hydrogen (secondary N) is 1. The average Bonchev–Trinajstić information content (AvgIpc) is 2.70. The van der Waals surface area contributed by atoms with E-state index in [-0.39, 0.29) is 23.7 Å². The van der Waals surface area contributed by atoms with Gasteiger partial charge in [-0.05, 0) is 31.2 Å². The van der Waals surface area contributed by atoms with Crippen molar-refractivity contribution in [1.82, 2.24) is 9.21 Å². The zero-order valence-electron chi connectivity index (χ0n) is 15.3. The molecule has 3 rings (SSSR count). The van der Waals surface area contributed by atoms with Crippen LogP contribution < -0.4 is 5.32 Å². The number of halogens is 2. The van der Waals surface area contributed by atoms with Crippen LogP contribution in [0.4, 0.5) is 14.5 Å². The Balaban J connectivity index is 1.60. The lowest BCUT2D eigenvalue weighted by Crippen LogP contribution is -2.53. The molecule has 1 N–H and O–H groups in total. The Labute approximate surface area is 162 Å². The van der Waals surface area contributed by atoms with Crippen molar-refractivity contribution in [2.24, 2.45) is 0 Å². The quantitative estimate of drug-likeness (QED) is 0.823. The maximum absolute atomic E-state index is 13.7. The fourth-order valence-corrected chi connectivity index (χ4v) is 4.51. The number of nitrogens with zero attached hydrogens (tertiary/aromatic N) is 2. The fourth-order valence-electron chi connectivity index (χ4n) is 3.07. The first-order valence-corrected chi connectivity index (χ1v) is 10.3. The van der Waals surface area contributed by atoms with E-state index in [1.54, 1.807) is 37.3 Å². The number of carbonyl (C=O) groups is 1. The Bertz CT molecular complexity index is 946. The van der Waals surface area contributed by atoms with Crippen LogP contribution in [-0.4, -0.2) is 55.8 Å². The number of rotatable bonds is 5. The molecule has 9 heteroatoms. The lowest BCUT2D eigenvalue weighted by molar-refractivity contribution is -0.121. The molecular formula is C19H21F2N3O3S. The van der Waals surface area contributed by atoms with E-state index in [1.165, 1.54) is 10.4 Å². The molecule has 0 aromatic heterocycles. The Kier molecular flexibility index (Phi) is 6.07. The molecular weight excluding hydrogens is 388 g/mol. The van der Waals surface area contributed by atoms with Crippen molar-refractivity contribution < 1.29 is 22.0 Å². The maximum atomic E-state index is 13.7. The van der Waals surface area contributed by atoms with Gasteiger partial charge in [-0.2, -0.15) is 4.31 Å². The van der Waals surface area contributed by atoms with Crippen LogP contribution in [0, 0.1) is 11.6 Å². The van der Waals surface area contributed by atoms with Crippen molar-refractivity contribution in [3.05, 3.63) is 60.2 Å². The summed E-state index contributed by atoms with van der Waals surface area (Å²) in [6, 6.07) is 10.5. The van der Waals surface area contributed by atoms with E-state index in [1.807, 2.05) is 4.90 Å². The van der Waals surface area contributed by atoms with Crippen LogP contribution in [0.25, 0.3) is 0 Å². The first-order valence-electron chi connectivity index (χ1n) is 8.84. The summed E-state index contributed by atoms with van der Waals surface area (Å²) in [5.41, 5.74) is -0.0939. The highest BCUT2D eigenvalue weighted by molar-refractivity contribution is 7.89. The normalized spacial score (nSPS) is 17.2. The van der Waals surface area contributed by atoms with Gasteiger partial charge < -0.3 is 5.32 Å². The van der Waals surface area contributed by atoms with Crippen LogP contribution >= 0.6 is 0 Å². The van der Waals surface area contributed by atoms with Gasteiger partial charge in [0.25, 0.3) is 0 Å². The van der Waals surface area contributed by atoms with E-state index in [2.05, 4.69) is 5.32 Å². The van der Waals surface area contributed by atoms with Gasteiger partial charge in [0, 0.05) is 32.2 Å². The Hall–Kier alpha value is -2.36. The second-order valence-electron chi connectivity index (χ2n) is 6.54. The molecule has 1 atom stereocenters. The smallest absolute Gasteiger partial charge is 0.243 e. The van der Waals surface area contributed by atoms with E-state index < -0.39 is 33.6 Å². The van der Waals surface area contributed by atoms with E-state index in [0.29, 0.717) is 19.2 Å². The molecule has 6 nitrogen and oxygen atoms in total. The fraction of sp³-hybridized carbons (Fsp3) is 0.316. The predicted molar refractivity (Wildman–Crippen MR) is 101 cm³/mol. The lowest BCUT2D eigenvalue weighted by Gasteiger charge is -2.36. The molecule has 1 amide bonds. The molecule has 1 aliphatic heterocycles. The van der Waals surface area contributed by atoms with Crippen molar-refractivity contribution in [1.29, 1.82) is 0 Å². The largest absolute Gasteiger partial charge is 0.322 e. The first kappa shape index (κ1) is 20.4. The zero-order valence-corrected chi connectivity index (χ0v) is 16.1. The van der Waals surface area contributed by atoms with E-state index in [4.69, 9.17) is 0 Å². The highest BCUT2D eigenvalue weighted by Crippen LogP contribution is 2.19. The number of sulfonamides is 1. The van der Waals surface area contributed by atoms with Gasteiger partial charge in [-0.15, -0.1) is 0 Å². The topological polar surface area (TPSA) is 69.7 Å². The zero-order chi connectivity index (χ0) is 20.3. The van der Waals surface area contributed by atoms with Gasteiger partial charge in [-0.3, -0.25) is 9.69 Å². The van der Waals surface area contributed by atoms with Crippen LogP contribution in [0.3, 0.4) is 0 Å². The van der Waals surface area contributed by atoms with Gasteiger partial charge in [-0.25, -0.2) is 17.2 Å². The number of amides is 1. The van der Waals surface area contributed by atoms with Gasteiger partial charge >= 0.3 is 0 Å². The molecule has 1 unspecified atom stereocenters. The molecule has 0 spiro atoms. The number of anilines is 1. The summed E-state index contributed by atoms with van der Waals surface area (Å²) < 4.78 is 53.4. The molecule has 0 radical (unpaired) electrons. The van der Waals surface area contributed by atoms with Crippen LogP contribution in [0.15, 0.2) is 53.4 Å². The van der Waals surface area contributed by atoms with Crippen molar-refractivity contribution in [3.8, 4) is 0 Å². The molecule has 0 saturated carbocycles. The molecule has 28 heavy (non-hydrogen) atoms. The monoisotopic (exact) mass is 409 g/mol. The number of benzene rings is 2. The summed E-state index contributed by atoms with van der Waals surface area (Å²) in [6.07, 6.45) is 0. The third-order valence-corrected chi connectivity index (χ3v) is 6.68. The minimum atomic E-state index is -3.57. The van der Waals surface area contributed by atoms with Crippen molar-refractivity contribution >= 4 is 21.6 Å². The summed E-state index contributed by atoms with van der Waals surface area (Å²) in [5.74, 6) is -2.01.